The molecule has 0 fully saturated rings. The molecule has 0 unspecified atom stereocenters. The van der Waals surface area contributed by atoms with E-state index in [4.69, 9.17) is 0 Å². The van der Waals surface area contributed by atoms with Gasteiger partial charge in [-0.3, -0.25) is 0 Å². The van der Waals surface area contributed by atoms with Gasteiger partial charge in [-0.15, -0.1) is 22.7 Å². The smallest absolute Gasteiger partial charge is 0.115 e. The largest absolute Gasteiger partial charge is 0.508 e. The van der Waals surface area contributed by atoms with Crippen molar-refractivity contribution < 1.29 is 5.11 Å². The molecular weight excluding hydrogens is 272 g/mol. The molecule has 0 aliphatic rings. The minimum atomic E-state index is 0.313. The van der Waals surface area contributed by atoms with Crippen LogP contribution in [0.15, 0.2) is 47.8 Å². The third-order valence-corrected chi connectivity index (χ3v) is 4.94. The van der Waals surface area contributed by atoms with Gasteiger partial charge in [-0.05, 0) is 53.8 Å². The van der Waals surface area contributed by atoms with Gasteiger partial charge in [0.15, 0.2) is 0 Å². The lowest BCUT2D eigenvalue weighted by Crippen LogP contribution is -1.78. The number of hydrogen-bond donors (Lipinski definition) is 1. The number of aryl methyl sites for hydroxylation is 1. The topological polar surface area (TPSA) is 20.2 Å². The number of benzene rings is 1. The Balaban J connectivity index is 1.81. The van der Waals surface area contributed by atoms with E-state index in [1.807, 2.05) is 23.5 Å². The van der Waals surface area contributed by atoms with E-state index >= 15 is 0 Å². The Morgan fingerprint density at radius 3 is 2.42 bits per heavy atom. The standard InChI is InChI=1S/C16H14OS2/c1-11-2-7-15(19-11)9-16-8-13(10-18-16)12-3-5-14(17)6-4-12/h2-8,10,17H,9H2,1H3. The maximum absolute atomic E-state index is 9.31. The molecule has 0 atom stereocenters. The van der Waals surface area contributed by atoms with Crippen LogP contribution in [-0.2, 0) is 6.42 Å². The van der Waals surface area contributed by atoms with Gasteiger partial charge in [0.1, 0.15) is 5.75 Å². The average Bonchev–Trinajstić information content (AvgIpc) is 3.00. The van der Waals surface area contributed by atoms with Crippen LogP contribution in [-0.4, -0.2) is 5.11 Å². The van der Waals surface area contributed by atoms with Crippen LogP contribution in [0.3, 0.4) is 0 Å². The molecule has 3 rings (SSSR count). The summed E-state index contributed by atoms with van der Waals surface area (Å²) in [7, 11) is 0. The molecule has 0 aliphatic carbocycles. The van der Waals surface area contributed by atoms with Crippen LogP contribution in [0.25, 0.3) is 11.1 Å². The van der Waals surface area contributed by atoms with Crippen molar-refractivity contribution in [3.63, 3.8) is 0 Å². The van der Waals surface area contributed by atoms with Crippen molar-refractivity contribution in [2.45, 2.75) is 13.3 Å². The highest BCUT2D eigenvalue weighted by molar-refractivity contribution is 7.12. The molecule has 0 bridgehead atoms. The van der Waals surface area contributed by atoms with E-state index in [0.29, 0.717) is 5.75 Å². The molecule has 0 spiro atoms. The van der Waals surface area contributed by atoms with Gasteiger partial charge >= 0.3 is 0 Å². The molecule has 1 nitrogen and oxygen atoms in total. The van der Waals surface area contributed by atoms with Gasteiger partial charge in [-0.25, -0.2) is 0 Å². The summed E-state index contributed by atoms with van der Waals surface area (Å²) in [4.78, 5) is 4.16. The van der Waals surface area contributed by atoms with Crippen LogP contribution < -0.4 is 0 Å². The van der Waals surface area contributed by atoms with E-state index in [2.05, 4.69) is 30.5 Å². The molecule has 3 heteroatoms. The fraction of sp³-hybridized carbons (Fsp3) is 0.125. The van der Waals surface area contributed by atoms with Crippen molar-refractivity contribution in [2.24, 2.45) is 0 Å². The molecule has 1 aromatic carbocycles. The summed E-state index contributed by atoms with van der Waals surface area (Å²) < 4.78 is 0. The van der Waals surface area contributed by atoms with Gasteiger partial charge in [0.25, 0.3) is 0 Å². The molecule has 1 N–H and O–H groups in total. The maximum atomic E-state index is 9.31. The van der Waals surface area contributed by atoms with Crippen molar-refractivity contribution in [1.82, 2.24) is 0 Å². The SMILES string of the molecule is Cc1ccc(Cc2cc(-c3ccc(O)cc3)cs2)s1. The second-order valence-corrected chi connectivity index (χ2v) is 6.91. The number of phenolic OH excluding ortho intramolecular Hbond substituents is 1. The average molecular weight is 286 g/mol. The first-order chi connectivity index (χ1) is 9.20. The molecular formula is C16H14OS2. The third-order valence-electron chi connectivity index (χ3n) is 3.00. The maximum Gasteiger partial charge on any atom is 0.115 e. The number of rotatable bonds is 3. The van der Waals surface area contributed by atoms with Crippen molar-refractivity contribution in [3.05, 3.63) is 62.5 Å². The molecule has 0 saturated carbocycles. The van der Waals surface area contributed by atoms with Crippen LogP contribution >= 0.6 is 22.7 Å². The highest BCUT2D eigenvalue weighted by Crippen LogP contribution is 2.29. The number of thiophene rings is 2. The van der Waals surface area contributed by atoms with E-state index in [1.54, 1.807) is 23.5 Å². The van der Waals surface area contributed by atoms with Gasteiger partial charge in [0.2, 0.25) is 0 Å². The van der Waals surface area contributed by atoms with Crippen molar-refractivity contribution in [2.75, 3.05) is 0 Å². The Morgan fingerprint density at radius 2 is 1.74 bits per heavy atom. The van der Waals surface area contributed by atoms with Crippen molar-refractivity contribution >= 4 is 22.7 Å². The van der Waals surface area contributed by atoms with Gasteiger partial charge < -0.3 is 5.11 Å². The number of phenols is 1. The summed E-state index contributed by atoms with van der Waals surface area (Å²) in [6, 6.07) is 14.0. The van der Waals surface area contributed by atoms with Crippen LogP contribution in [0.2, 0.25) is 0 Å². The fourth-order valence-electron chi connectivity index (χ4n) is 2.03. The second-order valence-electron chi connectivity index (χ2n) is 4.54. The monoisotopic (exact) mass is 286 g/mol. The van der Waals surface area contributed by atoms with E-state index in [-0.39, 0.29) is 0 Å². The lowest BCUT2D eigenvalue weighted by atomic mass is 10.1. The fourth-order valence-corrected chi connectivity index (χ4v) is 3.95. The zero-order valence-electron chi connectivity index (χ0n) is 10.6. The van der Waals surface area contributed by atoms with Crippen molar-refractivity contribution in [3.8, 4) is 16.9 Å². The summed E-state index contributed by atoms with van der Waals surface area (Å²) in [6.45, 7) is 2.14. The normalized spacial score (nSPS) is 10.8. The van der Waals surface area contributed by atoms with Crippen LogP contribution in [0, 0.1) is 6.92 Å². The highest BCUT2D eigenvalue weighted by atomic mass is 32.1. The minimum Gasteiger partial charge on any atom is -0.508 e. The molecule has 0 saturated heterocycles. The summed E-state index contributed by atoms with van der Waals surface area (Å²) in [5.74, 6) is 0.313. The predicted octanol–water partition coefficient (Wildman–Crippen LogP) is 5.08. The summed E-state index contributed by atoms with van der Waals surface area (Å²) in [5.41, 5.74) is 2.39. The molecule has 0 aliphatic heterocycles. The lowest BCUT2D eigenvalue weighted by Gasteiger charge is -1.97. The first kappa shape index (κ1) is 12.5. The lowest BCUT2D eigenvalue weighted by molar-refractivity contribution is 0.475. The predicted molar refractivity (Wildman–Crippen MR) is 83.3 cm³/mol. The van der Waals surface area contributed by atoms with Crippen LogP contribution in [0.5, 0.6) is 5.75 Å². The summed E-state index contributed by atoms with van der Waals surface area (Å²) >= 11 is 3.66. The van der Waals surface area contributed by atoms with Gasteiger partial charge in [0.05, 0.1) is 0 Å². The van der Waals surface area contributed by atoms with Gasteiger partial charge in [-0.2, -0.15) is 0 Å². The summed E-state index contributed by atoms with van der Waals surface area (Å²) in [6.07, 6.45) is 1.02. The van der Waals surface area contributed by atoms with E-state index < -0.39 is 0 Å². The molecule has 19 heavy (non-hydrogen) atoms. The Kier molecular flexibility index (Phi) is 3.40. The minimum absolute atomic E-state index is 0.313. The zero-order chi connectivity index (χ0) is 13.2. The van der Waals surface area contributed by atoms with Gasteiger partial charge in [0, 0.05) is 21.1 Å². The number of aromatic hydroxyl groups is 1. The highest BCUT2D eigenvalue weighted by Gasteiger charge is 2.05. The summed E-state index contributed by atoms with van der Waals surface area (Å²) in [5, 5.41) is 11.5. The van der Waals surface area contributed by atoms with Crippen LogP contribution in [0.1, 0.15) is 14.6 Å². The Labute approximate surface area is 120 Å². The molecule has 96 valence electrons. The first-order valence-electron chi connectivity index (χ1n) is 6.13. The Hall–Kier alpha value is -1.58. The van der Waals surface area contributed by atoms with Crippen molar-refractivity contribution in [1.29, 1.82) is 0 Å². The molecule has 0 amide bonds. The van der Waals surface area contributed by atoms with Gasteiger partial charge in [-0.1, -0.05) is 12.1 Å². The third kappa shape index (κ3) is 2.88. The number of hydrogen-bond acceptors (Lipinski definition) is 3. The quantitative estimate of drug-likeness (QED) is 0.711. The van der Waals surface area contributed by atoms with E-state index in [0.717, 1.165) is 12.0 Å². The van der Waals surface area contributed by atoms with E-state index in [9.17, 15) is 5.11 Å². The zero-order valence-corrected chi connectivity index (χ0v) is 12.2. The molecule has 0 radical (unpaired) electrons. The molecule has 2 aromatic heterocycles. The molecule has 2 heterocycles. The Morgan fingerprint density at radius 1 is 0.947 bits per heavy atom. The van der Waals surface area contributed by atoms with E-state index in [1.165, 1.54) is 20.2 Å². The molecule has 3 aromatic rings. The Bertz CT molecular complexity index is 677. The first-order valence-corrected chi connectivity index (χ1v) is 7.82. The van der Waals surface area contributed by atoms with Crippen LogP contribution in [0.4, 0.5) is 0 Å². The second kappa shape index (κ2) is 5.19.